The molecule has 0 N–H and O–H groups in total. The summed E-state index contributed by atoms with van der Waals surface area (Å²) in [5, 5.41) is 0. The number of hydrogen-bond donors (Lipinski definition) is 0. The van der Waals surface area contributed by atoms with Crippen molar-refractivity contribution in [3.8, 4) is 0 Å². The average molecular weight is 861 g/mol. The van der Waals surface area contributed by atoms with Gasteiger partial charge in [0.15, 0.2) is 52.4 Å². The number of hydrogen-bond acceptors (Lipinski definition) is 0. The van der Waals surface area contributed by atoms with Gasteiger partial charge < -0.3 is 14.9 Å². The molecule has 0 bridgehead atoms. The fourth-order valence-electron chi connectivity index (χ4n) is 5.00. The zero-order valence-corrected chi connectivity index (χ0v) is 32.1. The minimum Gasteiger partial charge on any atom is -0.358 e. The average Bonchev–Trinajstić information content (AvgIpc) is 3.27. The second-order valence-corrected chi connectivity index (χ2v) is 11.2. The van der Waals surface area contributed by atoms with Crippen molar-refractivity contribution >= 4 is 23.1 Å². The van der Waals surface area contributed by atoms with E-state index < -0.39 is 110 Å². The smallest absolute Gasteiger partial charge is 0.358 e. The summed E-state index contributed by atoms with van der Waals surface area (Å²) in [5.74, 6) is -43.8. The zero-order chi connectivity index (χ0) is 39.0. The molecular formula is C37H29BF15Zr. The van der Waals surface area contributed by atoms with Crippen LogP contribution in [0.1, 0.15) is 40.2 Å². The number of benzene rings is 4. The van der Waals surface area contributed by atoms with E-state index in [2.05, 4.69) is 53.7 Å². The maximum atomic E-state index is 14.4. The monoisotopic (exact) mass is 859 g/mol. The van der Waals surface area contributed by atoms with Crippen molar-refractivity contribution in [3.05, 3.63) is 166 Å². The Hall–Kier alpha value is -3.74. The number of rotatable bonds is 3. The summed E-state index contributed by atoms with van der Waals surface area (Å²) in [4.78, 5) is 0. The minimum atomic E-state index is -3.96. The molecule has 4 aromatic rings. The Bertz CT molecular complexity index is 1800. The molecule has 3 radical (unpaired) electrons. The first kappa shape index (κ1) is 50.3. The maximum Gasteiger partial charge on any atom is 3.00 e. The zero-order valence-electron chi connectivity index (χ0n) is 29.6. The molecule has 0 unspecified atom stereocenters. The van der Waals surface area contributed by atoms with Gasteiger partial charge in [0.2, 0.25) is 0 Å². The van der Waals surface area contributed by atoms with E-state index in [4.69, 9.17) is 0 Å². The molecule has 0 amide bonds. The van der Waals surface area contributed by atoms with Gasteiger partial charge in [-0.25, -0.2) is 65.9 Å². The van der Waals surface area contributed by atoms with Crippen LogP contribution in [-0.2, 0) is 26.2 Å². The van der Waals surface area contributed by atoms with E-state index >= 15 is 0 Å². The van der Waals surface area contributed by atoms with E-state index in [1.165, 1.54) is 33.8 Å². The first-order valence-corrected chi connectivity index (χ1v) is 14.4. The van der Waals surface area contributed by atoms with Gasteiger partial charge in [0.05, 0.1) is 0 Å². The van der Waals surface area contributed by atoms with E-state index in [-0.39, 0.29) is 41.1 Å². The molecule has 0 fully saturated rings. The molecule has 1 aliphatic carbocycles. The van der Waals surface area contributed by atoms with Crippen LogP contribution in [0.2, 0.25) is 0 Å². The third-order valence-electron chi connectivity index (χ3n) is 8.35. The summed E-state index contributed by atoms with van der Waals surface area (Å²) in [6.45, 7) is 9.12. The van der Waals surface area contributed by atoms with Crippen LogP contribution in [0.4, 0.5) is 65.9 Å². The van der Waals surface area contributed by atoms with Crippen LogP contribution in [0.15, 0.2) is 52.6 Å². The van der Waals surface area contributed by atoms with Crippen LogP contribution in [-0.4, -0.2) is 6.71 Å². The van der Waals surface area contributed by atoms with Gasteiger partial charge in [-0.05, 0) is 52.5 Å². The molecule has 0 spiro atoms. The summed E-state index contributed by atoms with van der Waals surface area (Å²) < 4.78 is 209. The van der Waals surface area contributed by atoms with Crippen LogP contribution in [0.25, 0.3) is 0 Å². The first-order chi connectivity index (χ1) is 23.6. The molecule has 4 aromatic carbocycles. The van der Waals surface area contributed by atoms with Gasteiger partial charge in [-0.15, -0.1) is 0 Å². The van der Waals surface area contributed by atoms with Crippen LogP contribution in [0.5, 0.6) is 0 Å². The molecule has 5 rings (SSSR count). The SMILES string of the molecule is C[C]1C(C)=C(C)C(C)=C1C.Cc1ccccc1.Fc1c(F)c(F)c([B-](c2c(F)c(F)c(F)c(F)c2F)c2c(F)c(F)c(F)c(F)c2F)c(F)c1F.[CH3-].[CH3-].[Zr+3]. The molecule has 0 atom stereocenters. The molecule has 54 heavy (non-hydrogen) atoms. The standard InChI is InChI=1S/C18BF15.C10H15.C7H8.2CH3.Zr/c20-4-1(5(21)11(27)16(32)10(4)26)19(2-6(22)12(28)17(33)13(29)7(2)23)3-8(24)14(30)18(34)15(31)9(3)25;1-6-7(2)9(4)10(5)8(6)3;1-7-5-3-2-4-6-7;;;/h;1-5H3;2-6H,1H3;2*1H3;/q-1;;;2*-1;+3. The van der Waals surface area contributed by atoms with Crippen molar-refractivity contribution in [2.24, 2.45) is 0 Å². The van der Waals surface area contributed by atoms with Crippen LogP contribution >= 0.6 is 0 Å². The Kier molecular flexibility index (Phi) is 18.4. The Morgan fingerprint density at radius 3 is 0.667 bits per heavy atom. The molecule has 0 saturated carbocycles. The third kappa shape index (κ3) is 9.20. The number of aryl methyl sites for hydroxylation is 1. The van der Waals surface area contributed by atoms with Crippen LogP contribution in [0.3, 0.4) is 0 Å². The Morgan fingerprint density at radius 1 is 0.315 bits per heavy atom. The van der Waals surface area contributed by atoms with Gasteiger partial charge in [-0.2, -0.15) is 16.4 Å². The third-order valence-corrected chi connectivity index (χ3v) is 8.35. The Balaban J connectivity index is 0.00000115. The number of allylic oxidation sites excluding steroid dienone is 4. The second kappa shape index (κ2) is 19.7. The molecule has 0 aliphatic heterocycles. The van der Waals surface area contributed by atoms with Crippen molar-refractivity contribution in [3.63, 3.8) is 0 Å². The fraction of sp³-hybridized carbons (Fsp3) is 0.162. The molecule has 0 nitrogen and oxygen atoms in total. The summed E-state index contributed by atoms with van der Waals surface area (Å²) >= 11 is 0. The van der Waals surface area contributed by atoms with E-state index in [0.717, 1.165) is 0 Å². The van der Waals surface area contributed by atoms with Crippen LogP contribution < -0.4 is 16.4 Å². The van der Waals surface area contributed by atoms with Gasteiger partial charge in [0.25, 0.3) is 0 Å². The first-order valence-electron chi connectivity index (χ1n) is 14.4. The van der Waals surface area contributed by atoms with E-state index in [0.29, 0.717) is 0 Å². The molecule has 17 heteroatoms. The number of halogens is 15. The normalized spacial score (nSPS) is 12.4. The largest absolute Gasteiger partial charge is 3.00 e. The summed E-state index contributed by atoms with van der Waals surface area (Å²) in [6.07, 6.45) is 0. The van der Waals surface area contributed by atoms with Gasteiger partial charge >= 0.3 is 26.2 Å². The molecule has 289 valence electrons. The van der Waals surface area contributed by atoms with Crippen molar-refractivity contribution in [1.29, 1.82) is 0 Å². The van der Waals surface area contributed by atoms with Gasteiger partial charge in [-0.3, -0.25) is 0 Å². The Labute approximate surface area is 322 Å². The molecule has 0 heterocycles. The molecule has 0 aromatic heterocycles. The van der Waals surface area contributed by atoms with Crippen molar-refractivity contribution in [1.82, 2.24) is 0 Å². The second-order valence-electron chi connectivity index (χ2n) is 11.2. The van der Waals surface area contributed by atoms with Gasteiger partial charge in [-0.1, -0.05) is 54.0 Å². The Morgan fingerprint density at radius 2 is 0.519 bits per heavy atom. The van der Waals surface area contributed by atoms with E-state index in [9.17, 15) is 65.9 Å². The predicted octanol–water partition coefficient (Wildman–Crippen LogP) is 10.4. The molecule has 1 aliphatic rings. The maximum absolute atomic E-state index is 14.4. The van der Waals surface area contributed by atoms with E-state index in [1.807, 2.05) is 18.2 Å². The fourth-order valence-corrected chi connectivity index (χ4v) is 5.00. The van der Waals surface area contributed by atoms with Crippen molar-refractivity contribution in [2.75, 3.05) is 0 Å². The van der Waals surface area contributed by atoms with Crippen LogP contribution in [0, 0.1) is 115 Å². The predicted molar refractivity (Wildman–Crippen MR) is 173 cm³/mol. The molecular weight excluding hydrogens is 831 g/mol. The summed E-state index contributed by atoms with van der Waals surface area (Å²) in [5.41, 5.74) is -0.842. The molecule has 0 saturated heterocycles. The van der Waals surface area contributed by atoms with Crippen molar-refractivity contribution in [2.45, 2.75) is 41.5 Å². The van der Waals surface area contributed by atoms with Gasteiger partial charge in [0.1, 0.15) is 34.9 Å². The summed E-state index contributed by atoms with van der Waals surface area (Å²) in [7, 11) is 0. The summed E-state index contributed by atoms with van der Waals surface area (Å²) in [6, 6.07) is 10.3. The quantitative estimate of drug-likeness (QED) is 0.0633. The van der Waals surface area contributed by atoms with Crippen molar-refractivity contribution < 1.29 is 92.1 Å². The minimum absolute atomic E-state index is 0. The van der Waals surface area contributed by atoms with Gasteiger partial charge in [0, 0.05) is 5.92 Å². The topological polar surface area (TPSA) is 0 Å². The van der Waals surface area contributed by atoms with E-state index in [1.54, 1.807) is 0 Å².